The van der Waals surface area contributed by atoms with Crippen LogP contribution in [0.3, 0.4) is 0 Å². The first-order chi connectivity index (χ1) is 8.47. The maximum Gasteiger partial charge on any atom is 0.172 e. The lowest BCUT2D eigenvalue weighted by molar-refractivity contribution is 0.587. The van der Waals surface area contributed by atoms with E-state index in [4.69, 9.17) is 16.0 Å². The zero-order chi connectivity index (χ0) is 12.9. The minimum Gasteiger partial charge on any atom is -0.453 e. The fourth-order valence-corrected chi connectivity index (χ4v) is 2.33. The summed E-state index contributed by atoms with van der Waals surface area (Å²) in [4.78, 5) is 4.05. The summed E-state index contributed by atoms with van der Waals surface area (Å²) >= 11 is 6.05. The van der Waals surface area contributed by atoms with Crippen molar-refractivity contribution in [1.29, 1.82) is 0 Å². The Labute approximate surface area is 111 Å². The number of pyridine rings is 1. The summed E-state index contributed by atoms with van der Waals surface area (Å²) in [5.41, 5.74) is 2.89. The molecule has 3 heteroatoms. The normalized spacial score (nSPS) is 12.4. The summed E-state index contributed by atoms with van der Waals surface area (Å²) < 4.78 is 5.82. The highest BCUT2D eigenvalue weighted by molar-refractivity contribution is 6.34. The third-order valence-electron chi connectivity index (χ3n) is 3.21. The zero-order valence-electron chi connectivity index (χ0n) is 10.6. The highest BCUT2D eigenvalue weighted by atomic mass is 35.5. The van der Waals surface area contributed by atoms with Crippen molar-refractivity contribution >= 4 is 33.5 Å². The first kappa shape index (κ1) is 11.5. The van der Waals surface area contributed by atoms with Crippen molar-refractivity contribution < 1.29 is 4.42 Å². The molecule has 0 saturated carbocycles. The van der Waals surface area contributed by atoms with E-state index < -0.39 is 0 Å². The topological polar surface area (TPSA) is 26.0 Å². The molecular formula is C15H14ClNO. The first-order valence-corrected chi connectivity index (χ1v) is 6.32. The van der Waals surface area contributed by atoms with Crippen LogP contribution in [0.1, 0.15) is 26.3 Å². The molecule has 2 aromatic heterocycles. The van der Waals surface area contributed by atoms with Gasteiger partial charge in [-0.3, -0.25) is 0 Å². The number of rotatable bonds is 0. The van der Waals surface area contributed by atoms with E-state index in [0.717, 1.165) is 16.4 Å². The molecule has 18 heavy (non-hydrogen) atoms. The van der Waals surface area contributed by atoms with Crippen molar-refractivity contribution in [2.24, 2.45) is 0 Å². The van der Waals surface area contributed by atoms with Crippen LogP contribution in [0.15, 0.2) is 34.9 Å². The Morgan fingerprint density at radius 2 is 1.89 bits per heavy atom. The highest BCUT2D eigenvalue weighted by Gasteiger charge is 2.16. The summed E-state index contributed by atoms with van der Waals surface area (Å²) in [6.07, 6.45) is 1.71. The van der Waals surface area contributed by atoms with Gasteiger partial charge >= 0.3 is 0 Å². The molecule has 3 aromatic rings. The number of nitrogens with zero attached hydrogens (tertiary/aromatic N) is 1. The number of furan rings is 1. The molecule has 0 N–H and O–H groups in total. The van der Waals surface area contributed by atoms with Gasteiger partial charge in [0.25, 0.3) is 0 Å². The van der Waals surface area contributed by atoms with Gasteiger partial charge in [-0.25, -0.2) is 4.98 Å². The molecule has 0 aliphatic carbocycles. The van der Waals surface area contributed by atoms with Crippen LogP contribution in [0.25, 0.3) is 21.9 Å². The maximum absolute atomic E-state index is 6.05. The SMILES string of the molecule is CC(C)(C)c1ccc2c(c1)oc1c(Cl)nccc12. The number of hydrogen-bond donors (Lipinski definition) is 0. The molecule has 0 fully saturated rings. The number of fused-ring (bicyclic) bond motifs is 3. The Morgan fingerprint density at radius 1 is 1.11 bits per heavy atom. The number of hydrogen-bond acceptors (Lipinski definition) is 2. The lowest BCUT2D eigenvalue weighted by Gasteiger charge is -2.18. The molecule has 2 heterocycles. The second-order valence-electron chi connectivity index (χ2n) is 5.54. The van der Waals surface area contributed by atoms with E-state index in [-0.39, 0.29) is 5.41 Å². The molecule has 0 unspecified atom stereocenters. The van der Waals surface area contributed by atoms with Crippen molar-refractivity contribution in [3.05, 3.63) is 41.2 Å². The first-order valence-electron chi connectivity index (χ1n) is 5.94. The van der Waals surface area contributed by atoms with Gasteiger partial charge < -0.3 is 4.42 Å². The second-order valence-corrected chi connectivity index (χ2v) is 5.90. The molecule has 3 rings (SSSR count). The number of benzene rings is 1. The van der Waals surface area contributed by atoms with E-state index in [9.17, 15) is 0 Å². The lowest BCUT2D eigenvalue weighted by atomic mass is 9.87. The largest absolute Gasteiger partial charge is 0.453 e. The average molecular weight is 260 g/mol. The van der Waals surface area contributed by atoms with Gasteiger partial charge in [0.2, 0.25) is 0 Å². The Bertz CT molecular complexity index is 737. The summed E-state index contributed by atoms with van der Waals surface area (Å²) in [6.45, 7) is 6.56. The summed E-state index contributed by atoms with van der Waals surface area (Å²) in [6, 6.07) is 8.26. The third-order valence-corrected chi connectivity index (χ3v) is 3.48. The molecule has 0 radical (unpaired) electrons. The summed E-state index contributed by atoms with van der Waals surface area (Å²) in [5.74, 6) is 0. The Hall–Kier alpha value is -1.54. The predicted octanol–water partition coefficient (Wildman–Crippen LogP) is 4.93. The van der Waals surface area contributed by atoms with Crippen LogP contribution >= 0.6 is 11.6 Å². The van der Waals surface area contributed by atoms with Gasteiger partial charge in [-0.2, -0.15) is 0 Å². The van der Waals surface area contributed by atoms with Crippen LogP contribution in [0, 0.1) is 0 Å². The fraction of sp³-hybridized carbons (Fsp3) is 0.267. The zero-order valence-corrected chi connectivity index (χ0v) is 11.4. The van der Waals surface area contributed by atoms with E-state index in [1.54, 1.807) is 6.20 Å². The van der Waals surface area contributed by atoms with Gasteiger partial charge in [-0.1, -0.05) is 44.5 Å². The van der Waals surface area contributed by atoms with Crippen LogP contribution < -0.4 is 0 Å². The Morgan fingerprint density at radius 3 is 2.61 bits per heavy atom. The molecule has 92 valence electrons. The Balaban J connectivity index is 2.37. The minimum atomic E-state index is 0.106. The molecular weight excluding hydrogens is 246 g/mol. The van der Waals surface area contributed by atoms with Gasteiger partial charge in [0.15, 0.2) is 10.7 Å². The van der Waals surface area contributed by atoms with Gasteiger partial charge in [0.1, 0.15) is 5.58 Å². The molecule has 1 aromatic carbocycles. The van der Waals surface area contributed by atoms with Crippen LogP contribution in [0.4, 0.5) is 0 Å². The maximum atomic E-state index is 6.05. The Kier molecular flexibility index (Phi) is 2.39. The third kappa shape index (κ3) is 1.68. The molecule has 0 atom stereocenters. The standard InChI is InChI=1S/C15H14ClNO/c1-15(2,3)9-4-5-10-11-6-7-17-14(16)13(11)18-12(10)8-9/h4-8H,1-3H3. The van der Waals surface area contributed by atoms with Crippen LogP contribution in [0.2, 0.25) is 5.15 Å². The molecule has 0 aliphatic heterocycles. The minimum absolute atomic E-state index is 0.106. The van der Waals surface area contributed by atoms with Crippen molar-refractivity contribution in [1.82, 2.24) is 4.98 Å². The number of aromatic nitrogens is 1. The molecule has 0 bridgehead atoms. The van der Waals surface area contributed by atoms with Crippen molar-refractivity contribution in [2.75, 3.05) is 0 Å². The quantitative estimate of drug-likeness (QED) is 0.535. The van der Waals surface area contributed by atoms with Crippen molar-refractivity contribution in [2.45, 2.75) is 26.2 Å². The summed E-state index contributed by atoms with van der Waals surface area (Å²) in [7, 11) is 0. The molecule has 0 amide bonds. The van der Waals surface area contributed by atoms with Crippen LogP contribution in [-0.2, 0) is 5.41 Å². The predicted molar refractivity (Wildman–Crippen MR) is 75.2 cm³/mol. The fourth-order valence-electron chi connectivity index (χ4n) is 2.14. The van der Waals surface area contributed by atoms with E-state index >= 15 is 0 Å². The van der Waals surface area contributed by atoms with E-state index in [1.165, 1.54) is 5.56 Å². The van der Waals surface area contributed by atoms with E-state index in [0.29, 0.717) is 10.7 Å². The molecule has 0 aliphatic rings. The monoisotopic (exact) mass is 259 g/mol. The highest BCUT2D eigenvalue weighted by Crippen LogP contribution is 2.34. The van der Waals surface area contributed by atoms with Gasteiger partial charge in [-0.15, -0.1) is 0 Å². The second kappa shape index (κ2) is 3.72. The summed E-state index contributed by atoms with van der Waals surface area (Å²) in [5, 5.41) is 2.52. The van der Waals surface area contributed by atoms with E-state index in [2.05, 4.69) is 44.0 Å². The van der Waals surface area contributed by atoms with Crippen LogP contribution in [-0.4, -0.2) is 4.98 Å². The smallest absolute Gasteiger partial charge is 0.172 e. The van der Waals surface area contributed by atoms with Gasteiger partial charge in [0, 0.05) is 17.0 Å². The lowest BCUT2D eigenvalue weighted by Crippen LogP contribution is -2.10. The van der Waals surface area contributed by atoms with Crippen LogP contribution in [0.5, 0.6) is 0 Å². The number of halogens is 1. The van der Waals surface area contributed by atoms with Crippen molar-refractivity contribution in [3.8, 4) is 0 Å². The van der Waals surface area contributed by atoms with Gasteiger partial charge in [-0.05, 0) is 23.1 Å². The molecule has 2 nitrogen and oxygen atoms in total. The van der Waals surface area contributed by atoms with E-state index in [1.807, 2.05) is 6.07 Å². The molecule has 0 saturated heterocycles. The average Bonchev–Trinajstić information content (AvgIpc) is 2.67. The van der Waals surface area contributed by atoms with Crippen molar-refractivity contribution in [3.63, 3.8) is 0 Å². The molecule has 0 spiro atoms. The van der Waals surface area contributed by atoms with Gasteiger partial charge in [0.05, 0.1) is 0 Å².